The van der Waals surface area contributed by atoms with Crippen LogP contribution in [0.15, 0.2) is 11.6 Å². The van der Waals surface area contributed by atoms with Crippen LogP contribution in [0, 0.1) is 34.5 Å². The van der Waals surface area contributed by atoms with Crippen LogP contribution in [-0.4, -0.2) is 23.1 Å². The molecule has 4 aliphatic rings. The van der Waals surface area contributed by atoms with E-state index in [-0.39, 0.29) is 28.4 Å². The van der Waals surface area contributed by atoms with E-state index in [1.165, 1.54) is 12.5 Å². The van der Waals surface area contributed by atoms with Crippen LogP contribution in [0.25, 0.3) is 0 Å². The first-order valence-electron chi connectivity index (χ1n) is 11.0. The topological polar surface area (TPSA) is 60.4 Å². The molecule has 0 spiro atoms. The van der Waals surface area contributed by atoms with Gasteiger partial charge >= 0.3 is 5.97 Å². The molecule has 0 radical (unpaired) electrons. The highest BCUT2D eigenvalue weighted by Crippen LogP contribution is 2.69. The van der Waals surface area contributed by atoms with Crippen molar-refractivity contribution in [3.8, 4) is 0 Å². The Kier molecular flexibility index (Phi) is 4.45. The van der Waals surface area contributed by atoms with Crippen molar-refractivity contribution in [3.63, 3.8) is 0 Å². The van der Waals surface area contributed by atoms with Gasteiger partial charge in [0.1, 0.15) is 0 Å². The van der Waals surface area contributed by atoms with Crippen LogP contribution in [0.1, 0.15) is 79.6 Å². The lowest BCUT2D eigenvalue weighted by Gasteiger charge is -2.60. The summed E-state index contributed by atoms with van der Waals surface area (Å²) in [6, 6.07) is 0. The zero-order valence-corrected chi connectivity index (χ0v) is 18.0. The number of rotatable bonds is 2. The summed E-state index contributed by atoms with van der Waals surface area (Å²) in [6.45, 7) is 9.87. The van der Waals surface area contributed by atoms with E-state index in [1.807, 2.05) is 6.08 Å². The third-order valence-corrected chi connectivity index (χ3v) is 9.29. The molecule has 0 bridgehead atoms. The molecule has 28 heavy (non-hydrogen) atoms. The maximum atomic E-state index is 12.8. The van der Waals surface area contributed by atoms with Gasteiger partial charge in [0.05, 0.1) is 0 Å². The van der Waals surface area contributed by atoms with Crippen LogP contribution < -0.4 is 0 Å². The van der Waals surface area contributed by atoms with Gasteiger partial charge in [-0.2, -0.15) is 0 Å². The summed E-state index contributed by atoms with van der Waals surface area (Å²) in [5, 5.41) is 0. The van der Waals surface area contributed by atoms with Gasteiger partial charge in [-0.15, -0.1) is 0 Å². The zero-order chi connectivity index (χ0) is 20.5. The van der Waals surface area contributed by atoms with Gasteiger partial charge in [-0.3, -0.25) is 14.4 Å². The molecule has 4 rings (SSSR count). The Morgan fingerprint density at radius 2 is 1.75 bits per heavy atom. The molecule has 0 saturated heterocycles. The number of allylic oxidation sites excluding steroid dienone is 1. The Morgan fingerprint density at radius 1 is 1.07 bits per heavy atom. The molecular formula is C24H34O4. The fourth-order valence-corrected chi connectivity index (χ4v) is 8.05. The fourth-order valence-electron chi connectivity index (χ4n) is 8.05. The molecular weight excluding hydrogens is 352 g/mol. The lowest BCUT2D eigenvalue weighted by Crippen LogP contribution is -2.59. The maximum Gasteiger partial charge on any atom is 0.303 e. The summed E-state index contributed by atoms with van der Waals surface area (Å²) in [6.07, 6.45) is 8.19. The Hall–Kier alpha value is -1.45. The minimum absolute atomic E-state index is 0.00469. The van der Waals surface area contributed by atoms with E-state index in [9.17, 15) is 14.4 Å². The highest BCUT2D eigenvalue weighted by molar-refractivity contribution is 5.92. The molecule has 0 aliphatic heterocycles. The van der Waals surface area contributed by atoms with E-state index in [2.05, 4.69) is 20.8 Å². The molecule has 4 aliphatic carbocycles. The van der Waals surface area contributed by atoms with Crippen molar-refractivity contribution in [2.45, 2.75) is 85.2 Å². The zero-order valence-electron chi connectivity index (χ0n) is 18.0. The lowest BCUT2D eigenvalue weighted by molar-refractivity contribution is -0.187. The first-order valence-corrected chi connectivity index (χ1v) is 11.0. The van der Waals surface area contributed by atoms with E-state index in [1.54, 1.807) is 6.92 Å². The van der Waals surface area contributed by atoms with Crippen molar-refractivity contribution in [2.24, 2.45) is 34.5 Å². The minimum atomic E-state index is -0.961. The van der Waals surface area contributed by atoms with Crippen molar-refractivity contribution in [1.82, 2.24) is 0 Å². The Morgan fingerprint density at radius 3 is 2.39 bits per heavy atom. The third kappa shape index (κ3) is 2.45. The summed E-state index contributed by atoms with van der Waals surface area (Å²) in [7, 11) is 0. The molecule has 4 heteroatoms. The summed E-state index contributed by atoms with van der Waals surface area (Å²) in [5.41, 5.74) is 0.218. The first kappa shape index (κ1) is 19.8. The van der Waals surface area contributed by atoms with Crippen LogP contribution in [0.5, 0.6) is 0 Å². The van der Waals surface area contributed by atoms with Gasteiger partial charge in [0.15, 0.2) is 17.2 Å². The van der Waals surface area contributed by atoms with E-state index in [0.717, 1.165) is 32.1 Å². The molecule has 0 N–H and O–H groups in total. The molecule has 0 amide bonds. The second-order valence-corrected chi connectivity index (χ2v) is 10.5. The summed E-state index contributed by atoms with van der Waals surface area (Å²) in [5.74, 6) is 1.82. The monoisotopic (exact) mass is 386 g/mol. The average Bonchev–Trinajstić information content (AvgIpc) is 2.90. The second kappa shape index (κ2) is 6.27. The molecule has 0 unspecified atom stereocenters. The number of carbonyl (C=O) groups excluding carboxylic acids is 3. The number of carbonyl (C=O) groups is 3. The molecule has 0 aromatic heterocycles. The predicted octanol–water partition coefficient (Wildman–Crippen LogP) is 4.66. The first-order chi connectivity index (χ1) is 13.0. The van der Waals surface area contributed by atoms with Crippen LogP contribution >= 0.6 is 0 Å². The van der Waals surface area contributed by atoms with Gasteiger partial charge in [0, 0.05) is 18.8 Å². The molecule has 7 atom stereocenters. The Labute approximate surface area is 168 Å². The highest BCUT2D eigenvalue weighted by atomic mass is 16.6. The SMILES string of the molecule is CC(=O)O[C@@]1(C(C)=O)CC[C@@H]2[C@H]3C[C@@H](C)C4=CC(=O)CC[C@]4(C)[C@@H]3CC[C@@]21C. The minimum Gasteiger partial charge on any atom is -0.451 e. The second-order valence-electron chi connectivity index (χ2n) is 10.5. The van der Waals surface area contributed by atoms with Crippen molar-refractivity contribution in [3.05, 3.63) is 11.6 Å². The number of esters is 1. The van der Waals surface area contributed by atoms with Gasteiger partial charge in [-0.25, -0.2) is 0 Å². The Bertz CT molecular complexity index is 767. The summed E-state index contributed by atoms with van der Waals surface area (Å²) in [4.78, 5) is 36.8. The van der Waals surface area contributed by atoms with Crippen LogP contribution in [0.3, 0.4) is 0 Å². The van der Waals surface area contributed by atoms with Crippen LogP contribution in [0.4, 0.5) is 0 Å². The number of fused-ring (bicyclic) bond motifs is 5. The summed E-state index contributed by atoms with van der Waals surface area (Å²) >= 11 is 0. The lowest BCUT2D eigenvalue weighted by atomic mass is 9.44. The van der Waals surface area contributed by atoms with E-state index < -0.39 is 5.60 Å². The largest absolute Gasteiger partial charge is 0.451 e. The van der Waals surface area contributed by atoms with Gasteiger partial charge in [-0.05, 0) is 80.6 Å². The number of ether oxygens (including phenoxy) is 1. The van der Waals surface area contributed by atoms with E-state index in [4.69, 9.17) is 4.74 Å². The van der Waals surface area contributed by atoms with Gasteiger partial charge < -0.3 is 4.74 Å². The molecule has 4 nitrogen and oxygen atoms in total. The molecule has 154 valence electrons. The van der Waals surface area contributed by atoms with Gasteiger partial charge in [0.2, 0.25) is 0 Å². The summed E-state index contributed by atoms with van der Waals surface area (Å²) < 4.78 is 5.84. The van der Waals surface area contributed by atoms with Crippen molar-refractivity contribution < 1.29 is 19.1 Å². The normalized spacial score (nSPS) is 47.5. The van der Waals surface area contributed by atoms with E-state index >= 15 is 0 Å². The maximum absolute atomic E-state index is 12.8. The van der Waals surface area contributed by atoms with Crippen LogP contribution in [0.2, 0.25) is 0 Å². The number of Topliss-reactive ketones (excluding diaryl/α,β-unsaturated/α-hetero) is 1. The van der Waals surface area contributed by atoms with Gasteiger partial charge in [-0.1, -0.05) is 26.3 Å². The average molecular weight is 387 g/mol. The highest BCUT2D eigenvalue weighted by Gasteiger charge is 2.68. The fraction of sp³-hybridized carbons (Fsp3) is 0.792. The van der Waals surface area contributed by atoms with E-state index in [0.29, 0.717) is 36.5 Å². The standard InChI is InChI=1S/C24H34O4/c1-14-12-18-19(22(4)9-6-17(27)13-21(14)22)7-10-23(5)20(18)8-11-24(23,15(2)25)28-16(3)26/h13-14,18-20H,6-12H2,1-5H3/t14-,18+,19-,20-,22-,23+,24-/m1/s1. The number of ketones is 2. The van der Waals surface area contributed by atoms with Crippen molar-refractivity contribution in [1.29, 1.82) is 0 Å². The smallest absolute Gasteiger partial charge is 0.303 e. The van der Waals surface area contributed by atoms with Gasteiger partial charge in [0.25, 0.3) is 0 Å². The quantitative estimate of drug-likeness (QED) is 0.648. The molecule has 0 aromatic rings. The predicted molar refractivity (Wildman–Crippen MR) is 106 cm³/mol. The molecule has 3 saturated carbocycles. The van der Waals surface area contributed by atoms with Crippen molar-refractivity contribution >= 4 is 17.5 Å². The number of hydrogen-bond acceptors (Lipinski definition) is 4. The van der Waals surface area contributed by atoms with Crippen LogP contribution in [-0.2, 0) is 19.1 Å². The third-order valence-electron chi connectivity index (χ3n) is 9.29. The molecule has 0 aromatic carbocycles. The Balaban J connectivity index is 1.73. The molecule has 0 heterocycles. The molecule has 3 fully saturated rings. The van der Waals surface area contributed by atoms with Crippen molar-refractivity contribution in [2.75, 3.05) is 0 Å². The number of hydrogen-bond donors (Lipinski definition) is 0.